The smallest absolute Gasteiger partial charge is 0.352 e. The molecule has 0 aromatic carbocycles. The number of nitrogens with one attached hydrogen (secondary N) is 1. The number of aromatic nitrogens is 2. The maximum atomic E-state index is 11.5. The first-order chi connectivity index (χ1) is 9.85. The lowest BCUT2D eigenvalue weighted by Crippen LogP contribution is -2.31. The molecule has 0 aliphatic carbocycles. The van der Waals surface area contributed by atoms with Gasteiger partial charge in [-0.05, 0) is 12.8 Å². The van der Waals surface area contributed by atoms with Crippen LogP contribution < -0.4 is 11.2 Å². The number of nitrogens with zero attached hydrogens (tertiary/aromatic N) is 1. The van der Waals surface area contributed by atoms with E-state index in [4.69, 9.17) is 19.4 Å². The lowest BCUT2D eigenvalue weighted by molar-refractivity contribution is -0.0271. The zero-order chi connectivity index (χ0) is 16.0. The third kappa shape index (κ3) is 5.62. The Morgan fingerprint density at radius 2 is 2.10 bits per heavy atom. The quantitative estimate of drug-likeness (QED) is 0.546. The van der Waals surface area contributed by atoms with E-state index in [0.29, 0.717) is 20.0 Å². The van der Waals surface area contributed by atoms with E-state index < -0.39 is 31.8 Å². The van der Waals surface area contributed by atoms with Crippen LogP contribution in [0.3, 0.4) is 0 Å². The minimum Gasteiger partial charge on any atom is -0.352 e. The lowest BCUT2D eigenvalue weighted by Gasteiger charge is -2.14. The van der Waals surface area contributed by atoms with E-state index in [1.165, 1.54) is 16.8 Å². The largest absolute Gasteiger partial charge is 0.567 e. The van der Waals surface area contributed by atoms with Gasteiger partial charge in [-0.15, -0.1) is 0 Å². The van der Waals surface area contributed by atoms with Gasteiger partial charge in [0.25, 0.3) is 5.56 Å². The molecule has 1 fully saturated rings. The van der Waals surface area contributed by atoms with Crippen molar-refractivity contribution in [3.8, 4) is 0 Å². The Kier molecular flexibility index (Phi) is 6.59. The highest BCUT2D eigenvalue weighted by molar-refractivity contribution is 7.53. The van der Waals surface area contributed by atoms with Gasteiger partial charge in [0.15, 0.2) is 0 Å². The van der Waals surface area contributed by atoms with Crippen LogP contribution in [0.2, 0.25) is 0 Å². The maximum absolute atomic E-state index is 11.5. The molecule has 11 heteroatoms. The molecule has 1 aliphatic rings. The average molecular weight is 327 g/mol. The first kappa shape index (κ1) is 17.9. The van der Waals surface area contributed by atoms with Crippen LogP contribution in [-0.4, -0.2) is 44.1 Å². The van der Waals surface area contributed by atoms with E-state index in [1.54, 1.807) is 0 Å². The summed E-state index contributed by atoms with van der Waals surface area (Å²) in [4.78, 5) is 50.6. The van der Waals surface area contributed by atoms with E-state index in [9.17, 15) is 14.0 Å². The SMILES string of the molecule is CF.O=c1ccn(C2CCC(CO[P+](O)(O)O)O2)c(=O)[nH]1. The fourth-order valence-electron chi connectivity index (χ4n) is 1.85. The van der Waals surface area contributed by atoms with Crippen molar-refractivity contribution in [3.63, 3.8) is 0 Å². The van der Waals surface area contributed by atoms with Gasteiger partial charge in [-0.1, -0.05) is 0 Å². The van der Waals surface area contributed by atoms with Crippen molar-refractivity contribution in [3.05, 3.63) is 33.1 Å². The van der Waals surface area contributed by atoms with Gasteiger partial charge in [-0.3, -0.25) is 18.7 Å². The third-order valence-electron chi connectivity index (χ3n) is 2.68. The molecule has 1 aromatic heterocycles. The fourth-order valence-corrected chi connectivity index (χ4v) is 2.22. The molecule has 1 aromatic rings. The Morgan fingerprint density at radius 3 is 2.67 bits per heavy atom. The monoisotopic (exact) mass is 327 g/mol. The Labute approximate surface area is 119 Å². The normalized spacial score (nSPS) is 21.8. The Bertz CT molecular complexity index is 555. The molecule has 0 amide bonds. The van der Waals surface area contributed by atoms with Crippen LogP contribution in [0.15, 0.2) is 21.9 Å². The summed E-state index contributed by atoms with van der Waals surface area (Å²) in [5.41, 5.74) is -1.07. The highest BCUT2D eigenvalue weighted by atomic mass is 31.2. The van der Waals surface area contributed by atoms with Crippen molar-refractivity contribution >= 4 is 8.17 Å². The molecule has 120 valence electrons. The Hall–Kier alpha value is -1.16. The van der Waals surface area contributed by atoms with Gasteiger partial charge in [-0.25, -0.2) is 4.79 Å². The number of hydrogen-bond acceptors (Lipinski definition) is 7. The van der Waals surface area contributed by atoms with Gasteiger partial charge in [0.2, 0.25) is 0 Å². The third-order valence-corrected chi connectivity index (χ3v) is 3.18. The number of ether oxygens (including phenoxy) is 1. The standard InChI is InChI=1S/C9H13N2O7P.CH3F/c12-7-3-4-11(9(13)10-7)8-2-1-6(18-8)5-17-19(14,15)16;1-2/h3-4,6,8,14-16H,1-2,5H2;1H3/p+1. The Morgan fingerprint density at radius 1 is 1.43 bits per heavy atom. The van der Waals surface area contributed by atoms with Crippen molar-refractivity contribution in [1.29, 1.82) is 0 Å². The molecule has 4 N–H and O–H groups in total. The molecule has 2 unspecified atom stereocenters. The van der Waals surface area contributed by atoms with E-state index in [-0.39, 0.29) is 6.61 Å². The molecule has 2 atom stereocenters. The van der Waals surface area contributed by atoms with Crippen LogP contribution in [0.25, 0.3) is 0 Å². The molecule has 1 saturated heterocycles. The number of H-pyrrole nitrogens is 1. The number of rotatable bonds is 4. The van der Waals surface area contributed by atoms with E-state index in [2.05, 4.69) is 9.51 Å². The van der Waals surface area contributed by atoms with Crippen molar-refractivity contribution in [1.82, 2.24) is 9.55 Å². The summed E-state index contributed by atoms with van der Waals surface area (Å²) in [6, 6.07) is 1.21. The number of hydrogen-bond donors (Lipinski definition) is 4. The summed E-state index contributed by atoms with van der Waals surface area (Å²) in [5.74, 6) is 0. The summed E-state index contributed by atoms with van der Waals surface area (Å²) in [6.07, 6.45) is 1.34. The zero-order valence-electron chi connectivity index (χ0n) is 11.2. The predicted octanol–water partition coefficient (Wildman–Crippen LogP) is -0.529. The molecule has 0 radical (unpaired) electrons. The van der Waals surface area contributed by atoms with Crippen LogP contribution in [0, 0.1) is 0 Å². The highest BCUT2D eigenvalue weighted by Gasteiger charge is 2.37. The first-order valence-electron chi connectivity index (χ1n) is 5.92. The van der Waals surface area contributed by atoms with Gasteiger partial charge in [0.1, 0.15) is 12.8 Å². The van der Waals surface area contributed by atoms with Gasteiger partial charge >= 0.3 is 13.9 Å². The predicted molar refractivity (Wildman–Crippen MR) is 71.0 cm³/mol. The zero-order valence-corrected chi connectivity index (χ0v) is 12.1. The van der Waals surface area contributed by atoms with E-state index in [1.807, 2.05) is 0 Å². The van der Waals surface area contributed by atoms with Gasteiger partial charge in [0, 0.05) is 12.3 Å². The summed E-state index contributed by atoms with van der Waals surface area (Å²) < 4.78 is 20.7. The average Bonchev–Trinajstić information content (AvgIpc) is 2.86. The van der Waals surface area contributed by atoms with E-state index in [0.717, 1.165) is 0 Å². The van der Waals surface area contributed by atoms with Gasteiger partial charge < -0.3 is 4.74 Å². The molecule has 1 aliphatic heterocycles. The second kappa shape index (κ2) is 7.74. The minimum atomic E-state index is -4.27. The van der Waals surface area contributed by atoms with Crippen molar-refractivity contribution in [2.45, 2.75) is 25.2 Å². The summed E-state index contributed by atoms with van der Waals surface area (Å²) in [6.45, 7) is -0.189. The summed E-state index contributed by atoms with van der Waals surface area (Å²) in [5, 5.41) is 0. The van der Waals surface area contributed by atoms with E-state index >= 15 is 0 Å². The minimum absolute atomic E-state index is 0.189. The fraction of sp³-hybridized carbons (Fsp3) is 0.600. The Balaban J connectivity index is 0.00000106. The van der Waals surface area contributed by atoms with Crippen LogP contribution in [-0.2, 0) is 9.26 Å². The molecule has 0 bridgehead atoms. The van der Waals surface area contributed by atoms with Crippen molar-refractivity contribution in [2.75, 3.05) is 13.8 Å². The maximum Gasteiger partial charge on any atom is 0.567 e. The topological polar surface area (TPSA) is 134 Å². The molecule has 2 rings (SSSR count). The molecule has 9 nitrogen and oxygen atoms in total. The molecule has 21 heavy (non-hydrogen) atoms. The van der Waals surface area contributed by atoms with Crippen molar-refractivity contribution < 1.29 is 28.3 Å². The molecule has 0 spiro atoms. The first-order valence-corrected chi connectivity index (χ1v) is 7.48. The van der Waals surface area contributed by atoms with Crippen LogP contribution in [0.5, 0.6) is 0 Å². The van der Waals surface area contributed by atoms with Crippen LogP contribution in [0.1, 0.15) is 19.1 Å². The molecule has 0 saturated carbocycles. The number of halogens is 1. The van der Waals surface area contributed by atoms with Crippen LogP contribution >= 0.6 is 8.17 Å². The lowest BCUT2D eigenvalue weighted by atomic mass is 10.2. The van der Waals surface area contributed by atoms with Crippen molar-refractivity contribution in [2.24, 2.45) is 0 Å². The second-order valence-electron chi connectivity index (χ2n) is 4.12. The van der Waals surface area contributed by atoms with Gasteiger partial charge in [-0.2, -0.15) is 19.2 Å². The van der Waals surface area contributed by atoms with Gasteiger partial charge in [0.05, 0.1) is 13.3 Å². The highest BCUT2D eigenvalue weighted by Crippen LogP contribution is 2.46. The summed E-state index contributed by atoms with van der Waals surface area (Å²) in [7, 11) is -3.77. The molecular weight excluding hydrogens is 310 g/mol. The molecule has 2 heterocycles. The molecular formula is C10H17FN2O7P+. The number of alkyl halides is 1. The summed E-state index contributed by atoms with van der Waals surface area (Å²) >= 11 is 0. The van der Waals surface area contributed by atoms with Crippen LogP contribution in [0.4, 0.5) is 4.39 Å². The second-order valence-corrected chi connectivity index (χ2v) is 5.40. The number of aromatic amines is 1.